The molecule has 2 heterocycles. The number of nitroso groups, excluding NO2 is 1. The number of rotatable bonds is 5. The molecule has 27 heavy (non-hydrogen) atoms. The van der Waals surface area contributed by atoms with Gasteiger partial charge in [-0.1, -0.05) is 12.1 Å². The van der Waals surface area contributed by atoms with E-state index >= 15 is 0 Å². The van der Waals surface area contributed by atoms with Crippen molar-refractivity contribution < 1.29 is 24.6 Å². The van der Waals surface area contributed by atoms with Crippen LogP contribution in [0.25, 0.3) is 0 Å². The molecule has 2 fully saturated rings. The topological polar surface area (TPSA) is 154 Å². The molecule has 0 aliphatic carbocycles. The van der Waals surface area contributed by atoms with E-state index in [4.69, 9.17) is 5.73 Å². The number of carbonyl (C=O) groups is 3. The number of aromatic hydroxyl groups is 1. The second kappa shape index (κ2) is 6.50. The summed E-state index contributed by atoms with van der Waals surface area (Å²) in [5.74, 6) is -2.71. The summed E-state index contributed by atoms with van der Waals surface area (Å²) in [7, 11) is 0. The number of phenols is 1. The van der Waals surface area contributed by atoms with Crippen molar-refractivity contribution in [2.75, 3.05) is 0 Å². The zero-order valence-corrected chi connectivity index (χ0v) is 15.3. The molecular formula is C16H18N4O6S. The van der Waals surface area contributed by atoms with E-state index in [2.05, 4.69) is 5.29 Å². The number of benzene rings is 1. The number of nitrogens with zero attached hydrogens (tertiary/aromatic N) is 3. The van der Waals surface area contributed by atoms with Crippen LogP contribution in [0.1, 0.15) is 25.5 Å². The van der Waals surface area contributed by atoms with Gasteiger partial charge >= 0.3 is 5.97 Å². The van der Waals surface area contributed by atoms with Crippen molar-refractivity contribution in [2.24, 2.45) is 11.0 Å². The zero-order chi connectivity index (χ0) is 20.1. The van der Waals surface area contributed by atoms with Crippen LogP contribution in [0.2, 0.25) is 0 Å². The van der Waals surface area contributed by atoms with Gasteiger partial charge in [-0.3, -0.25) is 9.59 Å². The Labute approximate surface area is 158 Å². The lowest BCUT2D eigenvalue weighted by molar-refractivity contribution is -0.169. The number of carboxylic acid groups (broad SMARTS) is 1. The van der Waals surface area contributed by atoms with Crippen LogP contribution in [0.15, 0.2) is 29.6 Å². The molecule has 0 bridgehead atoms. The van der Waals surface area contributed by atoms with E-state index in [1.807, 2.05) is 0 Å². The number of nitrogens with two attached hydrogens (primary N) is 1. The van der Waals surface area contributed by atoms with Gasteiger partial charge in [0.2, 0.25) is 0 Å². The normalized spacial score (nSPS) is 26.7. The largest absolute Gasteiger partial charge is 0.508 e. The van der Waals surface area contributed by atoms with Crippen molar-refractivity contribution in [2.45, 2.75) is 42.1 Å². The molecule has 144 valence electrons. The van der Waals surface area contributed by atoms with Crippen molar-refractivity contribution in [1.82, 2.24) is 9.91 Å². The monoisotopic (exact) mass is 394 g/mol. The number of carbonyl (C=O) groups excluding carboxylic acids is 2. The molecule has 1 aromatic carbocycles. The maximum absolute atomic E-state index is 12.7. The third-order valence-corrected chi connectivity index (χ3v) is 6.30. The molecule has 11 heteroatoms. The Bertz CT molecular complexity index is 814. The second-order valence-corrected chi connectivity index (χ2v) is 8.65. The highest BCUT2D eigenvalue weighted by Crippen LogP contribution is 2.52. The Kier molecular flexibility index (Phi) is 4.60. The lowest BCUT2D eigenvalue weighted by Crippen LogP contribution is -2.70. The first-order valence-corrected chi connectivity index (χ1v) is 8.91. The number of aliphatic carboxylic acids is 1. The van der Waals surface area contributed by atoms with E-state index in [1.54, 1.807) is 13.8 Å². The fourth-order valence-electron chi connectivity index (χ4n) is 3.41. The maximum Gasteiger partial charge on any atom is 0.327 e. The summed E-state index contributed by atoms with van der Waals surface area (Å²) in [5.41, 5.74) is 6.23. The van der Waals surface area contributed by atoms with E-state index in [1.165, 1.54) is 36.0 Å². The lowest BCUT2D eigenvalue weighted by Gasteiger charge is -2.45. The highest BCUT2D eigenvalue weighted by atomic mass is 32.2. The van der Waals surface area contributed by atoms with Gasteiger partial charge in [0.05, 0.1) is 5.29 Å². The van der Waals surface area contributed by atoms with Gasteiger partial charge in [-0.05, 0) is 31.5 Å². The quantitative estimate of drug-likeness (QED) is 0.369. The Morgan fingerprint density at radius 1 is 1.33 bits per heavy atom. The number of carboxylic acids is 1. The smallest absolute Gasteiger partial charge is 0.327 e. The number of amides is 2. The minimum atomic E-state index is -1.26. The molecule has 2 aliphatic heterocycles. The maximum atomic E-state index is 12.7. The molecule has 0 radical (unpaired) electrons. The van der Waals surface area contributed by atoms with Crippen LogP contribution >= 0.6 is 11.8 Å². The summed E-state index contributed by atoms with van der Waals surface area (Å²) in [4.78, 5) is 49.2. The molecule has 0 saturated carbocycles. The molecule has 2 saturated heterocycles. The first-order valence-electron chi connectivity index (χ1n) is 8.04. The first kappa shape index (κ1) is 19.1. The fourth-order valence-corrected chi connectivity index (χ4v) is 5.08. The molecule has 10 nitrogen and oxygen atoms in total. The van der Waals surface area contributed by atoms with Crippen molar-refractivity contribution in [1.29, 1.82) is 0 Å². The minimum Gasteiger partial charge on any atom is -0.508 e. The van der Waals surface area contributed by atoms with Crippen LogP contribution in [-0.4, -0.2) is 60.1 Å². The van der Waals surface area contributed by atoms with Gasteiger partial charge in [0, 0.05) is 4.75 Å². The number of hydrogen-bond donors (Lipinski definition) is 3. The molecule has 0 aromatic heterocycles. The molecule has 0 spiro atoms. The van der Waals surface area contributed by atoms with Gasteiger partial charge in [-0.25, -0.2) is 4.79 Å². The summed E-state index contributed by atoms with van der Waals surface area (Å²) in [6, 6.07) is 1.99. The number of hydrogen-bond acceptors (Lipinski definition) is 8. The fraction of sp³-hybridized carbons (Fsp3) is 0.438. The average Bonchev–Trinajstić information content (AvgIpc) is 2.86. The van der Waals surface area contributed by atoms with Gasteiger partial charge in [-0.2, -0.15) is 5.01 Å². The molecule has 4 N–H and O–H groups in total. The van der Waals surface area contributed by atoms with Crippen LogP contribution in [0.4, 0.5) is 0 Å². The third kappa shape index (κ3) is 2.92. The lowest BCUT2D eigenvalue weighted by atomic mass is 9.95. The van der Waals surface area contributed by atoms with Gasteiger partial charge < -0.3 is 20.8 Å². The van der Waals surface area contributed by atoms with Crippen LogP contribution in [0.5, 0.6) is 5.75 Å². The number of β-lactam (4-membered cyclic amide) rings is 1. The van der Waals surface area contributed by atoms with Crippen LogP contribution in [0.3, 0.4) is 0 Å². The van der Waals surface area contributed by atoms with Crippen molar-refractivity contribution in [3.05, 3.63) is 34.7 Å². The van der Waals surface area contributed by atoms with Crippen molar-refractivity contribution in [3.8, 4) is 5.75 Å². The van der Waals surface area contributed by atoms with E-state index < -0.39 is 46.0 Å². The highest BCUT2D eigenvalue weighted by Gasteiger charge is 2.66. The second-order valence-electron chi connectivity index (χ2n) is 6.88. The van der Waals surface area contributed by atoms with Crippen molar-refractivity contribution in [3.63, 3.8) is 0 Å². The van der Waals surface area contributed by atoms with Gasteiger partial charge in [0.1, 0.15) is 23.2 Å². The molecule has 1 aromatic rings. The molecular weight excluding hydrogens is 376 g/mol. The van der Waals surface area contributed by atoms with Gasteiger partial charge in [0.15, 0.2) is 6.04 Å². The summed E-state index contributed by atoms with van der Waals surface area (Å²) >= 11 is 1.19. The Balaban J connectivity index is 1.84. The molecule has 2 amide bonds. The highest BCUT2D eigenvalue weighted by molar-refractivity contribution is 8.01. The van der Waals surface area contributed by atoms with Crippen molar-refractivity contribution >= 4 is 29.5 Å². The van der Waals surface area contributed by atoms with Crippen LogP contribution in [-0.2, 0) is 14.4 Å². The van der Waals surface area contributed by atoms with Crippen LogP contribution < -0.4 is 5.73 Å². The Morgan fingerprint density at radius 2 is 1.93 bits per heavy atom. The van der Waals surface area contributed by atoms with E-state index in [9.17, 15) is 29.5 Å². The summed E-state index contributed by atoms with van der Waals surface area (Å²) in [5, 5.41) is 21.2. The van der Waals surface area contributed by atoms with E-state index in [-0.39, 0.29) is 5.75 Å². The predicted octanol–water partition coefficient (Wildman–Crippen LogP) is 0.418. The predicted molar refractivity (Wildman–Crippen MR) is 95.2 cm³/mol. The summed E-state index contributed by atoms with van der Waals surface area (Å²) in [6.07, 6.45) is 0. The zero-order valence-electron chi connectivity index (χ0n) is 14.5. The van der Waals surface area contributed by atoms with Gasteiger partial charge in [0.25, 0.3) is 11.8 Å². The number of phenolic OH excluding ortho intramolecular Hbond substituents is 1. The SMILES string of the molecule is CC1(C)S[C@@H]2[C@H](N(N=O)C(=O)[C@H](N)c3ccc(O)cc3)C(=O)N2[C@H]1C(=O)O. The van der Waals surface area contributed by atoms with Gasteiger partial charge in [-0.15, -0.1) is 16.7 Å². The molecule has 3 rings (SSSR count). The Hall–Kier alpha value is -2.66. The number of thioether (sulfide) groups is 1. The first-order chi connectivity index (χ1) is 12.6. The van der Waals surface area contributed by atoms with E-state index in [0.29, 0.717) is 10.6 Å². The molecule has 2 aliphatic rings. The average molecular weight is 394 g/mol. The summed E-state index contributed by atoms with van der Waals surface area (Å²) < 4.78 is -0.794. The summed E-state index contributed by atoms with van der Waals surface area (Å²) in [6.45, 7) is 3.36. The molecule has 0 unspecified atom stereocenters. The third-order valence-electron chi connectivity index (χ3n) is 4.74. The molecule has 4 atom stereocenters. The van der Waals surface area contributed by atoms with E-state index in [0.717, 1.165) is 4.90 Å². The number of fused-ring (bicyclic) bond motifs is 1. The van der Waals surface area contributed by atoms with Crippen LogP contribution in [0, 0.1) is 4.91 Å². The Morgan fingerprint density at radius 3 is 2.44 bits per heavy atom. The standard InChI is InChI=1S/C16H18N4O6S/c1-16(2)11(15(24)25)19-13(23)10(14(19)27-16)20(18-26)12(22)9(17)7-3-5-8(21)6-4-7/h3-6,9-11,14,21H,17H2,1-2H3,(H,24,25)/t9-,10-,11+,14-/m1/s1. The minimum absolute atomic E-state index is 0.0159.